The molecule has 18 heavy (non-hydrogen) atoms. The van der Waals surface area contributed by atoms with Crippen molar-refractivity contribution in [2.24, 2.45) is 18.2 Å². The first-order chi connectivity index (χ1) is 8.40. The molecule has 0 radical (unpaired) electrons. The minimum Gasteiger partial charge on any atom is -0.326 e. The molecule has 0 amide bonds. The number of likely N-dealkylation sites (N-methyl/N-ethyl adjacent to an activating group) is 1. The van der Waals surface area contributed by atoms with Gasteiger partial charge in [0.2, 0.25) is 0 Å². The van der Waals surface area contributed by atoms with E-state index < -0.39 is 0 Å². The lowest BCUT2D eigenvalue weighted by atomic mass is 9.71. The van der Waals surface area contributed by atoms with Gasteiger partial charge in [0, 0.05) is 37.4 Å². The fourth-order valence-corrected chi connectivity index (χ4v) is 3.09. The summed E-state index contributed by atoms with van der Waals surface area (Å²) in [6.07, 6.45) is 7.75. The van der Waals surface area contributed by atoms with E-state index in [0.29, 0.717) is 6.04 Å². The van der Waals surface area contributed by atoms with E-state index in [9.17, 15) is 0 Å². The van der Waals surface area contributed by atoms with Gasteiger partial charge in [-0.1, -0.05) is 20.3 Å². The van der Waals surface area contributed by atoms with Crippen LogP contribution in [0.15, 0.2) is 12.4 Å². The largest absolute Gasteiger partial charge is 0.326 e. The maximum Gasteiger partial charge on any atom is 0.0534 e. The van der Waals surface area contributed by atoms with Crippen LogP contribution >= 0.6 is 0 Å². The summed E-state index contributed by atoms with van der Waals surface area (Å²) in [7, 11) is 4.14. The summed E-state index contributed by atoms with van der Waals surface area (Å²) in [5.41, 5.74) is 7.97. The first-order valence-electron chi connectivity index (χ1n) is 6.83. The summed E-state index contributed by atoms with van der Waals surface area (Å²) < 4.78 is 1.86. The average molecular weight is 250 g/mol. The van der Waals surface area contributed by atoms with Crippen LogP contribution in [0.2, 0.25) is 0 Å². The maximum absolute atomic E-state index is 6.45. The third-order valence-electron chi connectivity index (χ3n) is 4.39. The zero-order chi connectivity index (χ0) is 13.3. The summed E-state index contributed by atoms with van der Waals surface area (Å²) in [6, 6.07) is 0.738. The van der Waals surface area contributed by atoms with Crippen LogP contribution in [-0.4, -0.2) is 33.8 Å². The van der Waals surface area contributed by atoms with Gasteiger partial charge >= 0.3 is 0 Å². The molecule has 102 valence electrons. The molecule has 4 heteroatoms. The molecule has 2 rings (SSSR count). The minimum absolute atomic E-state index is 0.256. The SMILES string of the molecule is CN(Cc1cnn(C)c1)C1CCCC(C)(C)C1N. The molecule has 2 N–H and O–H groups in total. The second kappa shape index (κ2) is 5.02. The number of aryl methyl sites for hydroxylation is 1. The monoisotopic (exact) mass is 250 g/mol. The van der Waals surface area contributed by atoms with Crippen molar-refractivity contribution in [2.45, 2.75) is 51.7 Å². The van der Waals surface area contributed by atoms with E-state index in [4.69, 9.17) is 5.73 Å². The number of rotatable bonds is 3. The topological polar surface area (TPSA) is 47.1 Å². The van der Waals surface area contributed by atoms with Crippen molar-refractivity contribution >= 4 is 0 Å². The quantitative estimate of drug-likeness (QED) is 0.889. The number of nitrogens with zero attached hydrogens (tertiary/aromatic N) is 3. The van der Waals surface area contributed by atoms with Crippen molar-refractivity contribution < 1.29 is 0 Å². The predicted octanol–water partition coefficient (Wildman–Crippen LogP) is 1.76. The van der Waals surface area contributed by atoms with Crippen LogP contribution in [0.4, 0.5) is 0 Å². The molecule has 2 unspecified atom stereocenters. The molecule has 0 saturated heterocycles. The Morgan fingerprint density at radius 3 is 2.89 bits per heavy atom. The highest BCUT2D eigenvalue weighted by molar-refractivity contribution is 5.05. The number of aromatic nitrogens is 2. The van der Waals surface area contributed by atoms with E-state index in [-0.39, 0.29) is 11.5 Å². The van der Waals surface area contributed by atoms with Gasteiger partial charge in [-0.3, -0.25) is 9.58 Å². The predicted molar refractivity (Wildman–Crippen MR) is 74.1 cm³/mol. The lowest BCUT2D eigenvalue weighted by molar-refractivity contribution is 0.0805. The van der Waals surface area contributed by atoms with E-state index in [1.54, 1.807) is 0 Å². The highest BCUT2D eigenvalue weighted by Crippen LogP contribution is 2.36. The van der Waals surface area contributed by atoms with Gasteiger partial charge < -0.3 is 5.73 Å². The van der Waals surface area contributed by atoms with Crippen LogP contribution in [-0.2, 0) is 13.6 Å². The molecular formula is C14H26N4. The van der Waals surface area contributed by atoms with Gasteiger partial charge in [-0.25, -0.2) is 0 Å². The first kappa shape index (κ1) is 13.6. The van der Waals surface area contributed by atoms with E-state index in [0.717, 1.165) is 6.54 Å². The van der Waals surface area contributed by atoms with Gasteiger partial charge in [-0.05, 0) is 25.3 Å². The Hall–Kier alpha value is -0.870. The molecule has 2 atom stereocenters. The third kappa shape index (κ3) is 2.75. The lowest BCUT2D eigenvalue weighted by Gasteiger charge is -2.45. The van der Waals surface area contributed by atoms with E-state index in [1.807, 2.05) is 17.9 Å². The zero-order valence-corrected chi connectivity index (χ0v) is 12.1. The van der Waals surface area contributed by atoms with Crippen LogP contribution in [0.5, 0.6) is 0 Å². The first-order valence-corrected chi connectivity index (χ1v) is 6.83. The number of nitrogens with two attached hydrogens (primary N) is 1. The second-order valence-corrected chi connectivity index (χ2v) is 6.41. The summed E-state index contributed by atoms with van der Waals surface area (Å²) in [4.78, 5) is 2.39. The van der Waals surface area contributed by atoms with Crippen molar-refractivity contribution in [3.63, 3.8) is 0 Å². The zero-order valence-electron chi connectivity index (χ0n) is 12.1. The van der Waals surface area contributed by atoms with Gasteiger partial charge in [0.25, 0.3) is 0 Å². The molecule has 4 nitrogen and oxygen atoms in total. The van der Waals surface area contributed by atoms with Gasteiger partial charge in [-0.15, -0.1) is 0 Å². The van der Waals surface area contributed by atoms with E-state index in [1.165, 1.54) is 24.8 Å². The smallest absolute Gasteiger partial charge is 0.0534 e. The Labute approximate surface area is 110 Å². The molecule has 0 bridgehead atoms. The summed E-state index contributed by atoms with van der Waals surface area (Å²) in [5, 5.41) is 4.22. The van der Waals surface area contributed by atoms with Gasteiger partial charge in [0.05, 0.1) is 6.20 Å². The standard InChI is InChI=1S/C14H26N4/c1-14(2)7-5-6-12(13(14)15)17(3)9-11-8-16-18(4)10-11/h8,10,12-13H,5-7,9,15H2,1-4H3. The Kier molecular flexibility index (Phi) is 3.78. The van der Waals surface area contributed by atoms with Gasteiger partial charge in [0.15, 0.2) is 0 Å². The van der Waals surface area contributed by atoms with Crippen LogP contribution in [0.1, 0.15) is 38.7 Å². The van der Waals surface area contributed by atoms with Crippen LogP contribution < -0.4 is 5.73 Å². The molecule has 1 aromatic rings. The van der Waals surface area contributed by atoms with Gasteiger partial charge in [-0.2, -0.15) is 5.10 Å². The van der Waals surface area contributed by atoms with Crippen LogP contribution in [0.3, 0.4) is 0 Å². The fourth-order valence-electron chi connectivity index (χ4n) is 3.09. The normalized spacial score (nSPS) is 27.7. The van der Waals surface area contributed by atoms with Crippen molar-refractivity contribution in [3.05, 3.63) is 18.0 Å². The highest BCUT2D eigenvalue weighted by atomic mass is 15.2. The molecular weight excluding hydrogens is 224 g/mol. The molecule has 1 saturated carbocycles. The third-order valence-corrected chi connectivity index (χ3v) is 4.39. The fraction of sp³-hybridized carbons (Fsp3) is 0.786. The van der Waals surface area contributed by atoms with Crippen LogP contribution in [0, 0.1) is 5.41 Å². The molecule has 1 heterocycles. The minimum atomic E-state index is 0.256. The van der Waals surface area contributed by atoms with E-state index in [2.05, 4.69) is 37.1 Å². The molecule has 1 aliphatic carbocycles. The summed E-state index contributed by atoms with van der Waals surface area (Å²) in [6.45, 7) is 5.52. The molecule has 1 aliphatic rings. The molecule has 0 aromatic carbocycles. The Morgan fingerprint density at radius 1 is 1.56 bits per heavy atom. The van der Waals surface area contributed by atoms with E-state index >= 15 is 0 Å². The molecule has 1 aromatic heterocycles. The van der Waals surface area contributed by atoms with Crippen molar-refractivity contribution in [3.8, 4) is 0 Å². The van der Waals surface area contributed by atoms with Crippen LogP contribution in [0.25, 0.3) is 0 Å². The number of hydrogen-bond acceptors (Lipinski definition) is 3. The lowest BCUT2D eigenvalue weighted by Crippen LogP contribution is -2.55. The molecule has 0 spiro atoms. The molecule has 0 aliphatic heterocycles. The molecule has 1 fully saturated rings. The maximum atomic E-state index is 6.45. The summed E-state index contributed by atoms with van der Waals surface area (Å²) in [5.74, 6) is 0. The summed E-state index contributed by atoms with van der Waals surface area (Å²) >= 11 is 0. The second-order valence-electron chi connectivity index (χ2n) is 6.41. The number of hydrogen-bond donors (Lipinski definition) is 1. The van der Waals surface area contributed by atoms with Crippen molar-refractivity contribution in [1.29, 1.82) is 0 Å². The highest BCUT2D eigenvalue weighted by Gasteiger charge is 2.38. The van der Waals surface area contributed by atoms with Crippen molar-refractivity contribution in [1.82, 2.24) is 14.7 Å². The Morgan fingerprint density at radius 2 is 2.28 bits per heavy atom. The van der Waals surface area contributed by atoms with Gasteiger partial charge in [0.1, 0.15) is 0 Å². The average Bonchev–Trinajstić information content (AvgIpc) is 2.68. The van der Waals surface area contributed by atoms with Crippen molar-refractivity contribution in [2.75, 3.05) is 7.05 Å². The Balaban J connectivity index is 2.02. The Bertz CT molecular complexity index is 396.